The Morgan fingerprint density at radius 1 is 1.67 bits per heavy atom. The Balaban J connectivity index is 2.57. The van der Waals surface area contributed by atoms with Gasteiger partial charge in [-0.05, 0) is 6.07 Å². The fourth-order valence-electron chi connectivity index (χ4n) is 0.627. The van der Waals surface area contributed by atoms with E-state index in [1.807, 2.05) is 0 Å². The van der Waals surface area contributed by atoms with Crippen molar-refractivity contribution >= 4 is 22.7 Å². The predicted octanol–water partition coefficient (Wildman–Crippen LogP) is 0.185. The molecule has 0 amide bonds. The van der Waals surface area contributed by atoms with Crippen LogP contribution in [-0.4, -0.2) is 15.1 Å². The molecule has 1 aromatic heterocycles. The Morgan fingerprint density at radius 3 is 3.00 bits per heavy atom. The van der Waals surface area contributed by atoms with Gasteiger partial charge in [-0.15, -0.1) is 0 Å². The van der Waals surface area contributed by atoms with Crippen LogP contribution >= 0.6 is 11.8 Å². The van der Waals surface area contributed by atoms with E-state index >= 15 is 0 Å². The quantitative estimate of drug-likeness (QED) is 0.448. The Labute approximate surface area is 74.1 Å². The van der Waals surface area contributed by atoms with Crippen LogP contribution in [0, 0.1) is 5.41 Å². The Kier molecular flexibility index (Phi) is 2.87. The van der Waals surface area contributed by atoms with E-state index in [1.165, 1.54) is 11.8 Å². The molecular formula is C6H9N5S. The van der Waals surface area contributed by atoms with Crippen molar-refractivity contribution in [2.24, 2.45) is 5.73 Å². The minimum Gasteiger partial charge on any atom is -0.384 e. The van der Waals surface area contributed by atoms with Crippen LogP contribution in [0.5, 0.6) is 0 Å². The van der Waals surface area contributed by atoms with Crippen molar-refractivity contribution < 1.29 is 0 Å². The van der Waals surface area contributed by atoms with E-state index in [-0.39, 0.29) is 5.17 Å². The van der Waals surface area contributed by atoms with Gasteiger partial charge in [0.15, 0.2) is 5.17 Å². The van der Waals surface area contributed by atoms with Gasteiger partial charge in [0.1, 0.15) is 11.6 Å². The van der Waals surface area contributed by atoms with Gasteiger partial charge >= 0.3 is 0 Å². The summed E-state index contributed by atoms with van der Waals surface area (Å²) in [6.07, 6.45) is 1.58. The van der Waals surface area contributed by atoms with Crippen LogP contribution in [0.1, 0.15) is 5.82 Å². The molecule has 1 heterocycles. The number of amidine groups is 1. The summed E-state index contributed by atoms with van der Waals surface area (Å²) < 4.78 is 0. The fraction of sp³-hybridized carbons (Fsp3) is 0.167. The normalized spacial score (nSPS) is 9.67. The van der Waals surface area contributed by atoms with Crippen LogP contribution in [0.25, 0.3) is 0 Å². The van der Waals surface area contributed by atoms with Crippen LogP contribution < -0.4 is 11.5 Å². The molecule has 0 fully saturated rings. The molecule has 0 bridgehead atoms. The van der Waals surface area contributed by atoms with Gasteiger partial charge in [0.25, 0.3) is 0 Å². The van der Waals surface area contributed by atoms with Crippen molar-refractivity contribution in [1.29, 1.82) is 5.41 Å². The lowest BCUT2D eigenvalue weighted by Crippen LogP contribution is -2.05. The highest BCUT2D eigenvalue weighted by atomic mass is 32.2. The molecule has 0 aromatic carbocycles. The fourth-order valence-corrected chi connectivity index (χ4v) is 1.05. The molecule has 6 heteroatoms. The topological polar surface area (TPSA) is 102 Å². The number of nitrogens with one attached hydrogen (secondary N) is 1. The first kappa shape index (κ1) is 8.79. The second-order valence-electron chi connectivity index (χ2n) is 2.05. The lowest BCUT2D eigenvalue weighted by molar-refractivity contribution is 1.04. The summed E-state index contributed by atoms with van der Waals surface area (Å²) in [6.45, 7) is 0. The van der Waals surface area contributed by atoms with E-state index in [9.17, 15) is 0 Å². The highest BCUT2D eigenvalue weighted by Crippen LogP contribution is 2.07. The maximum atomic E-state index is 6.95. The molecule has 12 heavy (non-hydrogen) atoms. The first-order valence-corrected chi connectivity index (χ1v) is 4.21. The van der Waals surface area contributed by atoms with Crippen molar-refractivity contribution in [3.8, 4) is 0 Å². The molecule has 0 unspecified atom stereocenters. The third kappa shape index (κ3) is 2.75. The molecule has 0 aliphatic rings. The summed E-state index contributed by atoms with van der Waals surface area (Å²) in [4.78, 5) is 7.89. The third-order valence-corrected chi connectivity index (χ3v) is 1.80. The second kappa shape index (κ2) is 3.91. The number of rotatable bonds is 2. The summed E-state index contributed by atoms with van der Waals surface area (Å²) in [7, 11) is 0. The van der Waals surface area contributed by atoms with Crippen LogP contribution in [0.3, 0.4) is 0 Å². The third-order valence-electron chi connectivity index (χ3n) is 1.08. The molecule has 0 spiro atoms. The largest absolute Gasteiger partial charge is 0.384 e. The van der Waals surface area contributed by atoms with Gasteiger partial charge < -0.3 is 11.5 Å². The van der Waals surface area contributed by atoms with Crippen molar-refractivity contribution in [2.45, 2.75) is 5.75 Å². The van der Waals surface area contributed by atoms with Gasteiger partial charge in [-0.2, -0.15) is 0 Å². The second-order valence-corrected chi connectivity index (χ2v) is 3.07. The lowest BCUT2D eigenvalue weighted by atomic mass is 10.5. The molecule has 1 rings (SSSR count). The number of nitrogen functional groups attached to an aromatic ring is 1. The zero-order chi connectivity index (χ0) is 8.97. The van der Waals surface area contributed by atoms with Crippen LogP contribution in [0.2, 0.25) is 0 Å². The van der Waals surface area contributed by atoms with Gasteiger partial charge in [-0.3, -0.25) is 5.41 Å². The number of nitrogens with two attached hydrogens (primary N) is 2. The van der Waals surface area contributed by atoms with Gasteiger partial charge in [0.2, 0.25) is 0 Å². The molecule has 1 aromatic rings. The molecule has 0 saturated heterocycles. The smallest absolute Gasteiger partial charge is 0.151 e. The summed E-state index contributed by atoms with van der Waals surface area (Å²) in [5.74, 6) is 1.51. The van der Waals surface area contributed by atoms with E-state index in [1.54, 1.807) is 12.3 Å². The maximum absolute atomic E-state index is 6.95. The summed E-state index contributed by atoms with van der Waals surface area (Å²) >= 11 is 1.17. The average molecular weight is 183 g/mol. The summed E-state index contributed by atoms with van der Waals surface area (Å²) in [6, 6.07) is 1.61. The first-order valence-electron chi connectivity index (χ1n) is 3.22. The Morgan fingerprint density at radius 2 is 2.42 bits per heavy atom. The van der Waals surface area contributed by atoms with Crippen LogP contribution in [-0.2, 0) is 5.75 Å². The summed E-state index contributed by atoms with van der Waals surface area (Å²) in [5, 5.41) is 7.01. The minimum atomic E-state index is 0.0565. The monoisotopic (exact) mass is 183 g/mol. The van der Waals surface area contributed by atoms with Gasteiger partial charge in [0, 0.05) is 6.20 Å². The first-order chi connectivity index (χ1) is 5.68. The van der Waals surface area contributed by atoms with Crippen molar-refractivity contribution in [1.82, 2.24) is 9.97 Å². The molecular weight excluding hydrogens is 174 g/mol. The number of aromatic nitrogens is 2. The number of thioether (sulfide) groups is 1. The van der Waals surface area contributed by atoms with Crippen molar-refractivity contribution in [2.75, 3.05) is 5.73 Å². The predicted molar refractivity (Wildman–Crippen MR) is 49.7 cm³/mol. The van der Waals surface area contributed by atoms with Crippen molar-refractivity contribution in [3.05, 3.63) is 18.1 Å². The molecule has 5 nitrogen and oxygen atoms in total. The van der Waals surface area contributed by atoms with Crippen molar-refractivity contribution in [3.63, 3.8) is 0 Å². The Hall–Kier alpha value is -1.30. The number of hydrogen-bond acceptors (Lipinski definition) is 5. The van der Waals surface area contributed by atoms with Gasteiger partial charge in [-0.1, -0.05) is 11.8 Å². The number of anilines is 1. The molecule has 5 N–H and O–H groups in total. The summed E-state index contributed by atoms with van der Waals surface area (Å²) in [5.41, 5.74) is 10.6. The lowest BCUT2D eigenvalue weighted by Gasteiger charge is -1.98. The minimum absolute atomic E-state index is 0.0565. The number of nitrogens with zero attached hydrogens (tertiary/aromatic N) is 2. The maximum Gasteiger partial charge on any atom is 0.151 e. The van der Waals surface area contributed by atoms with E-state index in [4.69, 9.17) is 16.9 Å². The standard InChI is InChI=1S/C6H9N5S/c7-4-1-2-10-5(11-4)3-12-6(8)9/h1-2H,3H2,(H3,8,9)(H2,7,10,11). The molecule has 0 aliphatic heterocycles. The number of hydrogen-bond donors (Lipinski definition) is 3. The molecule has 0 radical (unpaired) electrons. The van der Waals surface area contributed by atoms with Crippen LogP contribution in [0.4, 0.5) is 5.82 Å². The van der Waals surface area contributed by atoms with Gasteiger partial charge in [-0.25, -0.2) is 9.97 Å². The van der Waals surface area contributed by atoms with E-state index in [2.05, 4.69) is 9.97 Å². The molecule has 0 aliphatic carbocycles. The van der Waals surface area contributed by atoms with E-state index in [0.717, 1.165) is 0 Å². The zero-order valence-electron chi connectivity index (χ0n) is 6.32. The average Bonchev–Trinajstić information content (AvgIpc) is 2.01. The SMILES string of the molecule is N=C(N)SCc1nccc(N)n1. The van der Waals surface area contributed by atoms with Crippen LogP contribution in [0.15, 0.2) is 12.3 Å². The molecule has 64 valence electrons. The highest BCUT2D eigenvalue weighted by molar-refractivity contribution is 8.12. The molecule has 0 saturated carbocycles. The molecule has 0 atom stereocenters. The highest BCUT2D eigenvalue weighted by Gasteiger charge is 1.98. The van der Waals surface area contributed by atoms with E-state index in [0.29, 0.717) is 17.4 Å². The van der Waals surface area contributed by atoms with E-state index < -0.39 is 0 Å². The zero-order valence-corrected chi connectivity index (χ0v) is 7.14. The Bertz CT molecular complexity index is 287. The van der Waals surface area contributed by atoms with Gasteiger partial charge in [0.05, 0.1) is 5.75 Å².